The molecule has 7 nitrogen and oxygen atoms in total. The van der Waals surface area contributed by atoms with Crippen LogP contribution in [0.3, 0.4) is 0 Å². The van der Waals surface area contributed by atoms with E-state index in [0.29, 0.717) is 5.47 Å². The molecule has 5 rings (SSSR count). The van der Waals surface area contributed by atoms with Crippen molar-refractivity contribution in [3.63, 3.8) is 0 Å². The SMILES string of the molecule is CC1(C)OB(C(=Cc2cc(N)ccc2OC(F)(F)F)CNC(=O)OCC2c3ccccc3-c3ccccc32)OC1(C)C. The van der Waals surface area contributed by atoms with E-state index in [4.69, 9.17) is 19.8 Å². The highest BCUT2D eigenvalue weighted by atomic mass is 19.4. The molecule has 3 aromatic rings. The summed E-state index contributed by atoms with van der Waals surface area (Å²) < 4.78 is 61.5. The first kappa shape index (κ1) is 29.5. The number of hydrogen-bond acceptors (Lipinski definition) is 6. The van der Waals surface area contributed by atoms with Crippen LogP contribution < -0.4 is 15.8 Å². The van der Waals surface area contributed by atoms with Crippen molar-refractivity contribution in [1.29, 1.82) is 0 Å². The molecule has 3 N–H and O–H groups in total. The van der Waals surface area contributed by atoms with E-state index in [9.17, 15) is 18.0 Å². The third-order valence-electron chi connectivity index (χ3n) is 7.94. The number of hydrogen-bond donors (Lipinski definition) is 2. The standard InChI is InChI=1S/C31H32BF3N2O5/c1-29(2)30(3,4)42-32(41-29)20(15-19-16-21(36)13-14-27(19)40-31(33,34)35)17-37-28(38)39-18-26-24-11-7-5-9-22(24)23-10-6-8-12-25(23)26/h5-16,26H,17-18,36H2,1-4H3,(H,37,38). The second-order valence-corrected chi connectivity index (χ2v) is 11.3. The average molecular weight is 580 g/mol. The molecule has 1 aliphatic heterocycles. The van der Waals surface area contributed by atoms with Gasteiger partial charge < -0.3 is 29.8 Å². The van der Waals surface area contributed by atoms with Crippen molar-refractivity contribution in [1.82, 2.24) is 5.32 Å². The number of alkyl carbamates (subject to hydrolysis) is 1. The minimum atomic E-state index is -4.91. The van der Waals surface area contributed by atoms with Crippen LogP contribution in [0.5, 0.6) is 5.75 Å². The molecule has 1 fully saturated rings. The van der Waals surface area contributed by atoms with Gasteiger partial charge in [0.1, 0.15) is 12.4 Å². The lowest BCUT2D eigenvalue weighted by Crippen LogP contribution is -2.41. The van der Waals surface area contributed by atoms with Crippen LogP contribution in [0.4, 0.5) is 23.7 Å². The van der Waals surface area contributed by atoms with Gasteiger partial charge >= 0.3 is 19.6 Å². The Balaban J connectivity index is 1.36. The van der Waals surface area contributed by atoms with Crippen LogP contribution >= 0.6 is 0 Å². The lowest BCUT2D eigenvalue weighted by molar-refractivity contribution is -0.274. The van der Waals surface area contributed by atoms with Gasteiger partial charge in [-0.3, -0.25) is 0 Å². The first-order valence-electron chi connectivity index (χ1n) is 13.5. The van der Waals surface area contributed by atoms with Crippen molar-refractivity contribution in [3.05, 3.63) is 88.9 Å². The van der Waals surface area contributed by atoms with E-state index in [2.05, 4.69) is 10.1 Å². The first-order valence-corrected chi connectivity index (χ1v) is 13.5. The maximum atomic E-state index is 13.1. The van der Waals surface area contributed by atoms with Gasteiger partial charge in [0.15, 0.2) is 0 Å². The molecule has 0 unspecified atom stereocenters. The summed E-state index contributed by atoms with van der Waals surface area (Å²) in [7, 11) is -0.968. The van der Waals surface area contributed by atoms with E-state index in [1.807, 2.05) is 76.2 Å². The van der Waals surface area contributed by atoms with Gasteiger partial charge in [0.05, 0.1) is 11.2 Å². The van der Waals surface area contributed by atoms with Crippen LogP contribution in [-0.4, -0.2) is 43.9 Å². The molecule has 1 heterocycles. The molecule has 0 atom stereocenters. The number of amides is 1. The minimum Gasteiger partial charge on any atom is -0.449 e. The van der Waals surface area contributed by atoms with Crippen molar-refractivity contribution < 1.29 is 36.7 Å². The topological polar surface area (TPSA) is 92.0 Å². The monoisotopic (exact) mass is 580 g/mol. The van der Waals surface area contributed by atoms with Crippen LogP contribution in [0.15, 0.2) is 72.2 Å². The number of ether oxygens (including phenoxy) is 2. The molecule has 42 heavy (non-hydrogen) atoms. The first-order chi connectivity index (χ1) is 19.7. The Morgan fingerprint density at radius 3 is 2.12 bits per heavy atom. The zero-order chi connectivity index (χ0) is 30.3. The summed E-state index contributed by atoms with van der Waals surface area (Å²) in [6.45, 7) is 7.37. The molecule has 0 radical (unpaired) electrons. The largest absolute Gasteiger partial charge is 0.573 e. The smallest absolute Gasteiger partial charge is 0.449 e. The Morgan fingerprint density at radius 2 is 1.55 bits per heavy atom. The molecule has 220 valence electrons. The second-order valence-electron chi connectivity index (χ2n) is 11.3. The fourth-order valence-electron chi connectivity index (χ4n) is 5.12. The highest BCUT2D eigenvalue weighted by molar-refractivity contribution is 6.56. The quantitative estimate of drug-likeness (QED) is 0.238. The zero-order valence-electron chi connectivity index (χ0n) is 23.7. The summed E-state index contributed by atoms with van der Waals surface area (Å²) in [6.07, 6.45) is -4.19. The summed E-state index contributed by atoms with van der Waals surface area (Å²) in [5.41, 5.74) is 9.39. The fraction of sp³-hybridized carbons (Fsp3) is 0.323. The Bertz CT molecular complexity index is 1460. The van der Waals surface area contributed by atoms with Crippen LogP contribution in [0, 0.1) is 0 Å². The second kappa shape index (κ2) is 11.0. The van der Waals surface area contributed by atoms with Crippen molar-refractivity contribution in [2.75, 3.05) is 18.9 Å². The van der Waals surface area contributed by atoms with Gasteiger partial charge in [-0.15, -0.1) is 13.2 Å². The van der Waals surface area contributed by atoms with Gasteiger partial charge in [0, 0.05) is 23.7 Å². The van der Waals surface area contributed by atoms with Crippen LogP contribution in [0.2, 0.25) is 0 Å². The van der Waals surface area contributed by atoms with E-state index in [-0.39, 0.29) is 30.3 Å². The van der Waals surface area contributed by atoms with Gasteiger partial charge in [-0.1, -0.05) is 54.6 Å². The molecule has 3 aromatic carbocycles. The summed E-state index contributed by atoms with van der Waals surface area (Å²) in [4.78, 5) is 12.9. The summed E-state index contributed by atoms with van der Waals surface area (Å²) in [5, 5.41) is 2.71. The number of anilines is 1. The average Bonchev–Trinajstić information content (AvgIpc) is 3.35. The number of alkyl halides is 3. The molecule has 0 saturated carbocycles. The van der Waals surface area contributed by atoms with Crippen molar-refractivity contribution in [3.8, 4) is 16.9 Å². The number of benzene rings is 3. The van der Waals surface area contributed by atoms with Gasteiger partial charge in [0.2, 0.25) is 0 Å². The Morgan fingerprint density at radius 1 is 0.976 bits per heavy atom. The predicted molar refractivity (Wildman–Crippen MR) is 155 cm³/mol. The Labute approximate surface area is 242 Å². The third-order valence-corrected chi connectivity index (χ3v) is 7.94. The number of carbonyl (C=O) groups is 1. The Kier molecular flexibility index (Phi) is 7.76. The summed E-state index contributed by atoms with van der Waals surface area (Å²) in [6, 6.07) is 19.8. The molecule has 0 bridgehead atoms. The van der Waals surface area contributed by atoms with E-state index in [1.54, 1.807) is 0 Å². The molecular weight excluding hydrogens is 548 g/mol. The maximum Gasteiger partial charge on any atom is 0.573 e. The molecule has 0 aromatic heterocycles. The third kappa shape index (κ3) is 6.12. The van der Waals surface area contributed by atoms with E-state index in [0.717, 1.165) is 28.3 Å². The normalized spacial score (nSPS) is 17.5. The summed E-state index contributed by atoms with van der Waals surface area (Å²) >= 11 is 0. The number of carbonyl (C=O) groups excluding carboxylic acids is 1. The molecule has 11 heteroatoms. The summed E-state index contributed by atoms with van der Waals surface area (Å²) in [5.74, 6) is -0.581. The van der Waals surface area contributed by atoms with E-state index < -0.39 is 36.5 Å². The van der Waals surface area contributed by atoms with Crippen molar-refractivity contribution in [2.24, 2.45) is 0 Å². The zero-order valence-corrected chi connectivity index (χ0v) is 23.7. The van der Waals surface area contributed by atoms with E-state index >= 15 is 0 Å². The maximum absolute atomic E-state index is 13.1. The van der Waals surface area contributed by atoms with Crippen LogP contribution in [0.25, 0.3) is 17.2 Å². The lowest BCUT2D eigenvalue weighted by Gasteiger charge is -2.32. The van der Waals surface area contributed by atoms with Gasteiger partial charge in [-0.25, -0.2) is 4.79 Å². The lowest BCUT2D eigenvalue weighted by atomic mass is 9.77. The minimum absolute atomic E-state index is 0.0476. The predicted octanol–water partition coefficient (Wildman–Crippen LogP) is 6.72. The number of nitrogen functional groups attached to an aromatic ring is 1. The molecule has 1 aliphatic carbocycles. The highest BCUT2D eigenvalue weighted by Crippen LogP contribution is 2.44. The van der Waals surface area contributed by atoms with Crippen molar-refractivity contribution >= 4 is 25.0 Å². The number of fused-ring (bicyclic) bond motifs is 3. The molecule has 0 spiro atoms. The molecule has 1 saturated heterocycles. The number of nitrogens with one attached hydrogen (secondary N) is 1. The fourth-order valence-corrected chi connectivity index (χ4v) is 5.12. The van der Waals surface area contributed by atoms with Gasteiger partial charge in [-0.05, 0) is 73.6 Å². The highest BCUT2D eigenvalue weighted by Gasteiger charge is 2.52. The number of rotatable bonds is 7. The van der Waals surface area contributed by atoms with Crippen LogP contribution in [-0.2, 0) is 14.0 Å². The Hall–Kier alpha value is -3.96. The van der Waals surface area contributed by atoms with E-state index in [1.165, 1.54) is 18.2 Å². The number of nitrogens with two attached hydrogens (primary N) is 1. The van der Waals surface area contributed by atoms with Crippen LogP contribution in [0.1, 0.15) is 50.3 Å². The van der Waals surface area contributed by atoms with Gasteiger partial charge in [-0.2, -0.15) is 0 Å². The van der Waals surface area contributed by atoms with Crippen molar-refractivity contribution in [2.45, 2.75) is 51.2 Å². The number of halogens is 3. The molecular formula is C31H32BF3N2O5. The molecule has 2 aliphatic rings. The van der Waals surface area contributed by atoms with Gasteiger partial charge in [0.25, 0.3) is 0 Å². The molecule has 1 amide bonds.